The minimum Gasteiger partial charge on any atom is -0.375 e. The Kier molecular flexibility index (Phi) is 5.46. The van der Waals surface area contributed by atoms with Gasteiger partial charge >= 0.3 is 0 Å². The van der Waals surface area contributed by atoms with E-state index in [1.807, 2.05) is 13.8 Å². The Morgan fingerprint density at radius 1 is 1.20 bits per heavy atom. The Bertz CT molecular complexity index is 1310. The quantitative estimate of drug-likeness (QED) is 0.691. The van der Waals surface area contributed by atoms with Gasteiger partial charge in [0.25, 0.3) is 11.8 Å². The van der Waals surface area contributed by atoms with Crippen LogP contribution in [-0.2, 0) is 11.4 Å². The van der Waals surface area contributed by atoms with Crippen molar-refractivity contribution in [1.29, 1.82) is 0 Å². The molecule has 0 saturated carbocycles. The molecule has 2 atom stereocenters. The van der Waals surface area contributed by atoms with E-state index in [4.69, 9.17) is 4.84 Å². The zero-order valence-corrected chi connectivity index (χ0v) is 19.6. The number of oxime groups is 1. The fourth-order valence-electron chi connectivity index (χ4n) is 4.78. The molecule has 2 amide bonds. The van der Waals surface area contributed by atoms with Gasteiger partial charge in [0.15, 0.2) is 5.43 Å². The lowest BCUT2D eigenvalue weighted by molar-refractivity contribution is -0.0119. The average Bonchev–Trinajstić information content (AvgIpc) is 3.23. The molecule has 1 fully saturated rings. The van der Waals surface area contributed by atoms with Gasteiger partial charge in [-0.15, -0.1) is 0 Å². The van der Waals surface area contributed by atoms with E-state index in [2.05, 4.69) is 10.5 Å². The fourth-order valence-corrected chi connectivity index (χ4v) is 5.69. The Hall–Kier alpha value is -3.28. The number of hydrogen-bond acceptors (Lipinski definition) is 6. The summed E-state index contributed by atoms with van der Waals surface area (Å²) in [7, 11) is 0. The molecule has 2 unspecified atom stereocenters. The third-order valence-corrected chi connectivity index (χ3v) is 7.98. The molecule has 2 bridgehead atoms. The second-order valence-corrected chi connectivity index (χ2v) is 10.5. The molecule has 35 heavy (non-hydrogen) atoms. The third-order valence-electron chi connectivity index (χ3n) is 6.84. The van der Waals surface area contributed by atoms with E-state index in [0.717, 1.165) is 6.07 Å². The van der Waals surface area contributed by atoms with Crippen molar-refractivity contribution in [2.45, 2.75) is 49.7 Å². The first kappa shape index (κ1) is 23.5. The van der Waals surface area contributed by atoms with E-state index in [1.54, 1.807) is 15.0 Å². The third kappa shape index (κ3) is 3.79. The van der Waals surface area contributed by atoms with Crippen LogP contribution < -0.4 is 10.7 Å². The molecule has 1 N–H and O–H groups in total. The average molecular weight is 507 g/mol. The number of pyridine rings is 1. The summed E-state index contributed by atoms with van der Waals surface area (Å²) in [6, 6.07) is 1.66. The predicted octanol–water partition coefficient (Wildman–Crippen LogP) is 3.17. The van der Waals surface area contributed by atoms with Gasteiger partial charge < -0.3 is 19.6 Å². The van der Waals surface area contributed by atoms with Gasteiger partial charge in [0.05, 0.1) is 0 Å². The molecular formula is C23H21F3N4O4S. The molecule has 3 aliphatic rings. The van der Waals surface area contributed by atoms with Crippen molar-refractivity contribution in [3.05, 3.63) is 68.9 Å². The smallest absolute Gasteiger partial charge is 0.271 e. The molecule has 1 saturated heterocycles. The first-order valence-electron chi connectivity index (χ1n) is 10.9. The number of rotatable bonds is 3. The number of carbonyl (C=O) groups is 2. The number of nitrogens with zero attached hydrogens (tertiary/aromatic N) is 3. The molecule has 1 spiro atoms. The van der Waals surface area contributed by atoms with Gasteiger partial charge in [0, 0.05) is 55.0 Å². The van der Waals surface area contributed by atoms with Crippen LogP contribution in [0.1, 0.15) is 59.1 Å². The van der Waals surface area contributed by atoms with Gasteiger partial charge in [-0.25, -0.2) is 13.2 Å². The monoisotopic (exact) mass is 506 g/mol. The maximum absolute atomic E-state index is 14.0. The molecule has 5 rings (SSSR count). The van der Waals surface area contributed by atoms with Crippen molar-refractivity contribution in [3.63, 3.8) is 0 Å². The van der Waals surface area contributed by atoms with Crippen LogP contribution in [0.25, 0.3) is 0 Å². The van der Waals surface area contributed by atoms with Crippen molar-refractivity contribution in [2.75, 3.05) is 6.54 Å². The van der Waals surface area contributed by atoms with Gasteiger partial charge in [-0.2, -0.15) is 0 Å². The van der Waals surface area contributed by atoms with Crippen LogP contribution in [-0.4, -0.2) is 43.8 Å². The SMILES string of the molecule is CC1(C)CCC2(ON=CS2)C2CN1C(=O)c1cc(=O)c(C(=O)NCc3c(F)cc(F)cc3F)cn12. The van der Waals surface area contributed by atoms with Gasteiger partial charge in [-0.05, 0) is 20.3 Å². The number of benzene rings is 1. The van der Waals surface area contributed by atoms with Crippen molar-refractivity contribution in [3.8, 4) is 0 Å². The number of fused-ring (bicyclic) bond motifs is 5. The molecular weight excluding hydrogens is 485 g/mol. The van der Waals surface area contributed by atoms with Crippen LogP contribution >= 0.6 is 11.8 Å². The lowest BCUT2D eigenvalue weighted by Crippen LogP contribution is -2.54. The topological polar surface area (TPSA) is 93.0 Å². The normalized spacial score (nSPS) is 24.2. The molecule has 0 radical (unpaired) electrons. The van der Waals surface area contributed by atoms with Crippen molar-refractivity contribution < 1.29 is 27.6 Å². The van der Waals surface area contributed by atoms with Gasteiger partial charge in [0.2, 0.25) is 4.93 Å². The first-order chi connectivity index (χ1) is 16.5. The second-order valence-electron chi connectivity index (χ2n) is 9.35. The molecule has 3 aliphatic heterocycles. The Labute approximate surface area is 202 Å². The highest BCUT2D eigenvalue weighted by Crippen LogP contribution is 2.50. The van der Waals surface area contributed by atoms with E-state index < -0.39 is 57.4 Å². The molecule has 0 aliphatic carbocycles. The van der Waals surface area contributed by atoms with Crippen LogP contribution in [0.2, 0.25) is 0 Å². The number of nitrogens with one attached hydrogen (secondary N) is 1. The molecule has 1 aromatic carbocycles. The van der Waals surface area contributed by atoms with Gasteiger partial charge in [-0.3, -0.25) is 14.4 Å². The lowest BCUT2D eigenvalue weighted by Gasteiger charge is -2.44. The predicted molar refractivity (Wildman–Crippen MR) is 121 cm³/mol. The maximum Gasteiger partial charge on any atom is 0.271 e. The van der Waals surface area contributed by atoms with Crippen molar-refractivity contribution in [1.82, 2.24) is 14.8 Å². The van der Waals surface area contributed by atoms with Crippen LogP contribution in [0, 0.1) is 17.5 Å². The summed E-state index contributed by atoms with van der Waals surface area (Å²) >= 11 is 1.38. The second kappa shape index (κ2) is 8.14. The van der Waals surface area contributed by atoms with E-state index in [0.29, 0.717) is 25.0 Å². The highest BCUT2D eigenvalue weighted by atomic mass is 32.2. The lowest BCUT2D eigenvalue weighted by atomic mass is 9.96. The number of thioether (sulfide) groups is 1. The number of hydrogen-bond donors (Lipinski definition) is 1. The Morgan fingerprint density at radius 2 is 1.91 bits per heavy atom. The summed E-state index contributed by atoms with van der Waals surface area (Å²) in [6.45, 7) is 3.58. The summed E-state index contributed by atoms with van der Waals surface area (Å²) in [5.74, 6) is -4.63. The summed E-state index contributed by atoms with van der Waals surface area (Å²) < 4.78 is 42.6. The van der Waals surface area contributed by atoms with Crippen LogP contribution in [0.3, 0.4) is 0 Å². The standard InChI is InChI=1S/C23H21F3N4O4S/c1-22(2)3-4-23(34-28-11-35-23)19-10-30(22)21(33)17-7-18(31)14(9-29(17)19)20(32)27-8-13-15(25)5-12(24)6-16(13)26/h5-7,9,11,19H,3-4,8,10H2,1-2H3,(H,27,32). The summed E-state index contributed by atoms with van der Waals surface area (Å²) in [5, 5.41) is 6.24. The minimum atomic E-state index is -1.16. The Morgan fingerprint density at radius 3 is 2.57 bits per heavy atom. The Balaban J connectivity index is 1.52. The molecule has 1 aromatic heterocycles. The maximum atomic E-state index is 14.0. The molecule has 184 valence electrons. The largest absolute Gasteiger partial charge is 0.375 e. The highest BCUT2D eigenvalue weighted by molar-refractivity contribution is 8.13. The van der Waals surface area contributed by atoms with E-state index >= 15 is 0 Å². The first-order valence-corrected chi connectivity index (χ1v) is 11.8. The number of carbonyl (C=O) groups excluding carboxylic acids is 2. The van der Waals surface area contributed by atoms with Crippen LogP contribution in [0.5, 0.6) is 0 Å². The van der Waals surface area contributed by atoms with Gasteiger partial charge in [0.1, 0.15) is 40.3 Å². The molecule has 8 nitrogen and oxygen atoms in total. The number of amides is 2. The minimum absolute atomic E-state index is 0.115. The molecule has 4 heterocycles. The van der Waals surface area contributed by atoms with Crippen LogP contribution in [0.15, 0.2) is 34.3 Å². The number of halogens is 3. The van der Waals surface area contributed by atoms with E-state index in [1.165, 1.54) is 18.0 Å². The highest BCUT2D eigenvalue weighted by Gasteiger charge is 2.55. The summed E-state index contributed by atoms with van der Waals surface area (Å²) in [6.07, 6.45) is 2.48. The van der Waals surface area contributed by atoms with E-state index in [9.17, 15) is 27.6 Å². The summed E-state index contributed by atoms with van der Waals surface area (Å²) in [4.78, 5) is 45.7. The summed E-state index contributed by atoms with van der Waals surface area (Å²) in [5.41, 5.74) is -0.358. The fraction of sp³-hybridized carbons (Fsp3) is 0.391. The molecule has 2 aromatic rings. The van der Waals surface area contributed by atoms with Crippen molar-refractivity contribution >= 4 is 29.1 Å². The van der Waals surface area contributed by atoms with Crippen molar-refractivity contribution in [2.24, 2.45) is 5.16 Å². The zero-order chi connectivity index (χ0) is 25.1. The number of aromatic nitrogens is 1. The van der Waals surface area contributed by atoms with E-state index in [-0.39, 0.29) is 23.7 Å². The molecule has 12 heteroatoms. The van der Waals surface area contributed by atoms with Crippen LogP contribution in [0.4, 0.5) is 13.2 Å². The van der Waals surface area contributed by atoms with Gasteiger partial charge in [-0.1, -0.05) is 16.9 Å². The zero-order valence-electron chi connectivity index (χ0n) is 18.8.